The lowest BCUT2D eigenvalue weighted by Crippen LogP contribution is -2.39. The number of sulfone groups is 1. The highest BCUT2D eigenvalue weighted by Gasteiger charge is 2.41. The van der Waals surface area contributed by atoms with E-state index in [9.17, 15) is 18.0 Å². The second-order valence-electron chi connectivity index (χ2n) is 7.08. The van der Waals surface area contributed by atoms with Crippen LogP contribution in [0.2, 0.25) is 0 Å². The Morgan fingerprint density at radius 1 is 1.17 bits per heavy atom. The van der Waals surface area contributed by atoms with Crippen LogP contribution in [0.1, 0.15) is 44.5 Å². The fraction of sp³-hybridized carbons (Fsp3) is 0.529. The van der Waals surface area contributed by atoms with Gasteiger partial charge in [0.2, 0.25) is 5.91 Å². The third-order valence-corrected chi connectivity index (χ3v) is 7.15. The van der Waals surface area contributed by atoms with Crippen molar-refractivity contribution in [2.24, 2.45) is 0 Å². The van der Waals surface area contributed by atoms with E-state index in [4.69, 9.17) is 0 Å². The molecule has 1 N–H and O–H groups in total. The molecule has 1 aliphatic rings. The Morgan fingerprint density at radius 3 is 2.25 bits per heavy atom. The summed E-state index contributed by atoms with van der Waals surface area (Å²) >= 11 is 0. The predicted molar refractivity (Wildman–Crippen MR) is 93.7 cm³/mol. The molecular formula is C17H24N2O4S. The SMILES string of the molecule is CC(=O)Nc1ccc(C(=O)N2CC[C@@H](S(=O)(=O)C(C)(C)C)C2)cc1. The second-order valence-corrected chi connectivity index (χ2v) is 10.1. The summed E-state index contributed by atoms with van der Waals surface area (Å²) in [5.41, 5.74) is 1.10. The molecule has 1 heterocycles. The van der Waals surface area contributed by atoms with E-state index < -0.39 is 19.8 Å². The molecule has 1 aliphatic heterocycles. The average molecular weight is 352 g/mol. The van der Waals surface area contributed by atoms with Gasteiger partial charge in [0.05, 0.1) is 10.00 Å². The molecule has 2 rings (SSSR count). The molecule has 1 atom stereocenters. The molecule has 24 heavy (non-hydrogen) atoms. The summed E-state index contributed by atoms with van der Waals surface area (Å²) in [6, 6.07) is 6.60. The second kappa shape index (κ2) is 6.55. The van der Waals surface area contributed by atoms with E-state index in [0.29, 0.717) is 24.2 Å². The van der Waals surface area contributed by atoms with Gasteiger partial charge in [0.1, 0.15) is 0 Å². The first-order valence-corrected chi connectivity index (χ1v) is 9.47. The van der Waals surface area contributed by atoms with Crippen LogP contribution in [0, 0.1) is 0 Å². The van der Waals surface area contributed by atoms with Crippen LogP contribution in [-0.4, -0.2) is 48.2 Å². The van der Waals surface area contributed by atoms with Crippen molar-refractivity contribution in [2.75, 3.05) is 18.4 Å². The highest BCUT2D eigenvalue weighted by Crippen LogP contribution is 2.28. The minimum absolute atomic E-state index is 0.177. The number of hydrogen-bond donors (Lipinski definition) is 1. The maximum Gasteiger partial charge on any atom is 0.253 e. The molecule has 132 valence electrons. The van der Waals surface area contributed by atoms with Gasteiger partial charge in [0, 0.05) is 31.3 Å². The topological polar surface area (TPSA) is 83.6 Å². The Morgan fingerprint density at radius 2 is 1.75 bits per heavy atom. The molecule has 0 bridgehead atoms. The van der Waals surface area contributed by atoms with Crippen LogP contribution in [0.4, 0.5) is 5.69 Å². The van der Waals surface area contributed by atoms with Crippen molar-refractivity contribution in [2.45, 2.75) is 44.1 Å². The van der Waals surface area contributed by atoms with Crippen LogP contribution >= 0.6 is 0 Å². The number of amides is 2. The molecule has 0 unspecified atom stereocenters. The maximum absolute atomic E-state index is 12.5. The van der Waals surface area contributed by atoms with Gasteiger partial charge in [-0.1, -0.05) is 0 Å². The highest BCUT2D eigenvalue weighted by atomic mass is 32.2. The average Bonchev–Trinajstić information content (AvgIpc) is 2.96. The Balaban J connectivity index is 2.08. The van der Waals surface area contributed by atoms with E-state index >= 15 is 0 Å². The Bertz CT molecular complexity index is 733. The smallest absolute Gasteiger partial charge is 0.253 e. The van der Waals surface area contributed by atoms with E-state index in [1.165, 1.54) is 6.92 Å². The van der Waals surface area contributed by atoms with Crippen molar-refractivity contribution in [3.05, 3.63) is 29.8 Å². The number of benzene rings is 1. The summed E-state index contributed by atoms with van der Waals surface area (Å²) in [7, 11) is -3.29. The minimum atomic E-state index is -3.29. The molecule has 1 aromatic rings. The fourth-order valence-corrected chi connectivity index (χ4v) is 4.54. The molecule has 0 radical (unpaired) electrons. The van der Waals surface area contributed by atoms with Crippen molar-refractivity contribution >= 4 is 27.3 Å². The zero-order valence-electron chi connectivity index (χ0n) is 14.5. The monoisotopic (exact) mass is 352 g/mol. The summed E-state index contributed by atoms with van der Waals surface area (Å²) < 4.78 is 24.2. The minimum Gasteiger partial charge on any atom is -0.337 e. The van der Waals surface area contributed by atoms with Gasteiger partial charge in [-0.2, -0.15) is 0 Å². The number of nitrogens with zero attached hydrogens (tertiary/aromatic N) is 1. The van der Waals surface area contributed by atoms with Gasteiger partial charge in [0.25, 0.3) is 5.91 Å². The molecule has 2 amide bonds. The van der Waals surface area contributed by atoms with Gasteiger partial charge in [-0.3, -0.25) is 9.59 Å². The summed E-state index contributed by atoms with van der Waals surface area (Å²) in [6.07, 6.45) is 0.468. The Labute approximate surface area is 143 Å². The van der Waals surface area contributed by atoms with Crippen molar-refractivity contribution < 1.29 is 18.0 Å². The first-order chi connectivity index (χ1) is 11.0. The summed E-state index contributed by atoms with van der Waals surface area (Å²) in [4.78, 5) is 25.1. The van der Waals surface area contributed by atoms with E-state index in [-0.39, 0.29) is 18.4 Å². The number of rotatable bonds is 3. The molecule has 0 saturated carbocycles. The van der Waals surface area contributed by atoms with Crippen molar-refractivity contribution in [1.29, 1.82) is 0 Å². The van der Waals surface area contributed by atoms with E-state index in [2.05, 4.69) is 5.32 Å². The Kier molecular flexibility index (Phi) is 5.03. The normalized spacial score (nSPS) is 18.5. The molecular weight excluding hydrogens is 328 g/mol. The third-order valence-electron chi connectivity index (χ3n) is 4.18. The lowest BCUT2D eigenvalue weighted by molar-refractivity contribution is -0.114. The van der Waals surface area contributed by atoms with Crippen molar-refractivity contribution in [1.82, 2.24) is 4.90 Å². The molecule has 1 saturated heterocycles. The first kappa shape index (κ1) is 18.4. The number of carbonyl (C=O) groups is 2. The number of hydrogen-bond acceptors (Lipinski definition) is 4. The molecule has 0 aliphatic carbocycles. The summed E-state index contributed by atoms with van der Waals surface area (Å²) in [6.45, 7) is 7.14. The molecule has 6 nitrogen and oxygen atoms in total. The number of likely N-dealkylation sites (tertiary alicyclic amines) is 1. The van der Waals surface area contributed by atoms with Crippen LogP contribution in [0.5, 0.6) is 0 Å². The quantitative estimate of drug-likeness (QED) is 0.903. The Hall–Kier alpha value is -1.89. The van der Waals surface area contributed by atoms with Crippen LogP contribution in [0.15, 0.2) is 24.3 Å². The van der Waals surface area contributed by atoms with Crippen LogP contribution in [0.3, 0.4) is 0 Å². The summed E-state index contributed by atoms with van der Waals surface area (Å²) in [5, 5.41) is 2.13. The molecule has 1 fully saturated rings. The van der Waals surface area contributed by atoms with Crippen molar-refractivity contribution in [3.63, 3.8) is 0 Å². The van der Waals surface area contributed by atoms with Gasteiger partial charge in [0.15, 0.2) is 9.84 Å². The molecule has 1 aromatic carbocycles. The zero-order valence-corrected chi connectivity index (χ0v) is 15.3. The van der Waals surface area contributed by atoms with E-state index in [1.54, 1.807) is 49.9 Å². The third kappa shape index (κ3) is 3.77. The van der Waals surface area contributed by atoms with Crippen LogP contribution in [-0.2, 0) is 14.6 Å². The van der Waals surface area contributed by atoms with E-state index in [0.717, 1.165) is 0 Å². The largest absolute Gasteiger partial charge is 0.337 e. The number of nitrogens with one attached hydrogen (secondary N) is 1. The van der Waals surface area contributed by atoms with Gasteiger partial charge in [-0.05, 0) is 51.5 Å². The number of anilines is 1. The van der Waals surface area contributed by atoms with Gasteiger partial charge >= 0.3 is 0 Å². The van der Waals surface area contributed by atoms with Crippen LogP contribution in [0.25, 0.3) is 0 Å². The van der Waals surface area contributed by atoms with Gasteiger partial charge in [-0.25, -0.2) is 8.42 Å². The molecule has 0 aromatic heterocycles. The first-order valence-electron chi connectivity index (χ1n) is 7.93. The molecule has 7 heteroatoms. The maximum atomic E-state index is 12.5. The number of carbonyl (C=O) groups excluding carboxylic acids is 2. The lowest BCUT2D eigenvalue weighted by atomic mass is 10.2. The highest BCUT2D eigenvalue weighted by molar-refractivity contribution is 7.93. The predicted octanol–water partition coefficient (Wildman–Crippen LogP) is 2.07. The van der Waals surface area contributed by atoms with Gasteiger partial charge in [-0.15, -0.1) is 0 Å². The lowest BCUT2D eigenvalue weighted by Gasteiger charge is -2.24. The standard InChI is InChI=1S/C17H24N2O4S/c1-12(20)18-14-7-5-13(6-8-14)16(21)19-10-9-15(11-19)24(22,23)17(2,3)4/h5-8,15H,9-11H2,1-4H3,(H,18,20)/t15-/m1/s1. The zero-order chi connectivity index (χ0) is 18.1. The fourth-order valence-electron chi connectivity index (χ4n) is 2.75. The van der Waals surface area contributed by atoms with Crippen molar-refractivity contribution in [3.8, 4) is 0 Å². The van der Waals surface area contributed by atoms with E-state index in [1.807, 2.05) is 0 Å². The summed E-state index contributed by atoms with van der Waals surface area (Å²) in [5.74, 6) is -0.361. The van der Waals surface area contributed by atoms with Gasteiger partial charge < -0.3 is 10.2 Å². The molecule has 0 spiro atoms. The van der Waals surface area contributed by atoms with Crippen LogP contribution < -0.4 is 5.32 Å².